The Balaban J connectivity index is 1.93. The summed E-state index contributed by atoms with van der Waals surface area (Å²) in [5.74, 6) is 0. The molecule has 0 amide bonds. The van der Waals surface area contributed by atoms with E-state index in [2.05, 4.69) is 23.1 Å². The first-order chi connectivity index (χ1) is 8.25. The van der Waals surface area contributed by atoms with Gasteiger partial charge in [-0.1, -0.05) is 12.1 Å². The fourth-order valence-corrected chi connectivity index (χ4v) is 3.11. The van der Waals surface area contributed by atoms with Crippen LogP contribution in [0, 0.1) is 0 Å². The van der Waals surface area contributed by atoms with Gasteiger partial charge in [0.25, 0.3) is 0 Å². The molecule has 17 heavy (non-hydrogen) atoms. The van der Waals surface area contributed by atoms with Crippen LogP contribution in [0.4, 0.5) is 10.1 Å². The number of hydrogen-bond acceptors (Lipinski definition) is 2. The molecular formula is C14H19FN2. The molecule has 2 N–H and O–H groups in total. The van der Waals surface area contributed by atoms with Gasteiger partial charge in [0, 0.05) is 24.8 Å². The average Bonchev–Trinajstić information content (AvgIpc) is 2.71. The second-order valence-electron chi connectivity index (χ2n) is 5.18. The van der Waals surface area contributed by atoms with Gasteiger partial charge in [-0.2, -0.15) is 0 Å². The van der Waals surface area contributed by atoms with Crippen molar-refractivity contribution >= 4 is 5.69 Å². The lowest BCUT2D eigenvalue weighted by Gasteiger charge is -2.32. The summed E-state index contributed by atoms with van der Waals surface area (Å²) in [5, 5.41) is 0. The second kappa shape index (κ2) is 4.30. The Labute approximate surface area is 102 Å². The van der Waals surface area contributed by atoms with Gasteiger partial charge in [0.2, 0.25) is 0 Å². The molecule has 1 fully saturated rings. The van der Waals surface area contributed by atoms with E-state index in [1.165, 1.54) is 16.8 Å². The van der Waals surface area contributed by atoms with E-state index >= 15 is 0 Å². The van der Waals surface area contributed by atoms with Crippen molar-refractivity contribution in [1.29, 1.82) is 0 Å². The molecule has 2 atom stereocenters. The molecule has 1 aliphatic heterocycles. The van der Waals surface area contributed by atoms with Crippen LogP contribution in [0.15, 0.2) is 18.2 Å². The molecule has 0 saturated carbocycles. The van der Waals surface area contributed by atoms with Crippen molar-refractivity contribution in [1.82, 2.24) is 0 Å². The number of alkyl halides is 1. The Morgan fingerprint density at radius 2 is 2.18 bits per heavy atom. The van der Waals surface area contributed by atoms with E-state index in [0.29, 0.717) is 13.0 Å². The SMILES string of the molecule is N[C@H]1CCc2c1cccc2N1CCC[C@@H](F)C1. The molecular weight excluding hydrogens is 215 g/mol. The summed E-state index contributed by atoms with van der Waals surface area (Å²) in [7, 11) is 0. The van der Waals surface area contributed by atoms with Crippen molar-refractivity contribution in [2.75, 3.05) is 18.0 Å². The van der Waals surface area contributed by atoms with Crippen LogP contribution >= 0.6 is 0 Å². The van der Waals surface area contributed by atoms with Crippen LogP contribution in [0.5, 0.6) is 0 Å². The molecule has 2 aliphatic rings. The average molecular weight is 234 g/mol. The Kier molecular flexibility index (Phi) is 2.79. The maximum Gasteiger partial charge on any atom is 0.118 e. The molecule has 0 aromatic heterocycles. The van der Waals surface area contributed by atoms with Gasteiger partial charge in [-0.15, -0.1) is 0 Å². The van der Waals surface area contributed by atoms with Crippen molar-refractivity contribution in [2.45, 2.75) is 37.9 Å². The number of nitrogens with two attached hydrogens (primary N) is 1. The number of hydrogen-bond donors (Lipinski definition) is 1. The molecule has 1 aromatic carbocycles. The minimum atomic E-state index is -0.672. The van der Waals surface area contributed by atoms with E-state index in [0.717, 1.165) is 25.8 Å². The molecule has 0 radical (unpaired) electrons. The van der Waals surface area contributed by atoms with E-state index in [-0.39, 0.29) is 6.04 Å². The summed E-state index contributed by atoms with van der Waals surface area (Å²) in [6.45, 7) is 1.53. The zero-order chi connectivity index (χ0) is 11.8. The topological polar surface area (TPSA) is 29.3 Å². The Hall–Kier alpha value is -1.09. The van der Waals surface area contributed by atoms with Crippen LogP contribution in [-0.2, 0) is 6.42 Å². The monoisotopic (exact) mass is 234 g/mol. The lowest BCUT2D eigenvalue weighted by molar-refractivity contribution is 0.286. The van der Waals surface area contributed by atoms with E-state index in [4.69, 9.17) is 5.73 Å². The lowest BCUT2D eigenvalue weighted by Crippen LogP contribution is -2.36. The quantitative estimate of drug-likeness (QED) is 0.809. The van der Waals surface area contributed by atoms with Gasteiger partial charge in [-0.25, -0.2) is 4.39 Å². The Bertz CT molecular complexity index is 419. The molecule has 1 aromatic rings. The number of fused-ring (bicyclic) bond motifs is 1. The molecule has 92 valence electrons. The highest BCUT2D eigenvalue weighted by Crippen LogP contribution is 2.36. The number of rotatable bonds is 1. The summed E-state index contributed by atoms with van der Waals surface area (Å²) >= 11 is 0. The highest BCUT2D eigenvalue weighted by molar-refractivity contribution is 5.59. The van der Waals surface area contributed by atoms with Crippen LogP contribution < -0.4 is 10.6 Å². The predicted octanol–water partition coefficient (Wildman–Crippen LogP) is 2.57. The number of benzene rings is 1. The number of piperidine rings is 1. The molecule has 3 heteroatoms. The maximum atomic E-state index is 13.5. The Morgan fingerprint density at radius 1 is 1.29 bits per heavy atom. The first-order valence-corrected chi connectivity index (χ1v) is 6.52. The van der Waals surface area contributed by atoms with E-state index in [9.17, 15) is 4.39 Å². The standard InChI is InChI=1S/C14H19FN2/c15-10-3-2-8-17(9-10)14-5-1-4-11-12(14)6-7-13(11)16/h1,4-5,10,13H,2-3,6-9,16H2/t10-,13+/m1/s1. The van der Waals surface area contributed by atoms with Crippen molar-refractivity contribution < 1.29 is 4.39 Å². The first kappa shape index (κ1) is 11.0. The lowest BCUT2D eigenvalue weighted by atomic mass is 10.0. The van der Waals surface area contributed by atoms with Crippen LogP contribution in [0.3, 0.4) is 0 Å². The minimum Gasteiger partial charge on any atom is -0.368 e. The number of anilines is 1. The van der Waals surface area contributed by atoms with Crippen LogP contribution in [-0.4, -0.2) is 19.3 Å². The smallest absolute Gasteiger partial charge is 0.118 e. The zero-order valence-electron chi connectivity index (χ0n) is 10.0. The summed E-state index contributed by atoms with van der Waals surface area (Å²) in [6, 6.07) is 6.47. The number of halogens is 1. The highest BCUT2D eigenvalue weighted by atomic mass is 19.1. The van der Waals surface area contributed by atoms with Gasteiger partial charge in [-0.3, -0.25) is 0 Å². The summed E-state index contributed by atoms with van der Waals surface area (Å²) in [4.78, 5) is 2.20. The highest BCUT2D eigenvalue weighted by Gasteiger charge is 2.26. The van der Waals surface area contributed by atoms with E-state index < -0.39 is 6.17 Å². The van der Waals surface area contributed by atoms with Gasteiger partial charge < -0.3 is 10.6 Å². The van der Waals surface area contributed by atoms with Crippen LogP contribution in [0.25, 0.3) is 0 Å². The van der Waals surface area contributed by atoms with Crippen molar-refractivity contribution in [2.24, 2.45) is 5.73 Å². The van der Waals surface area contributed by atoms with E-state index in [1.807, 2.05) is 0 Å². The maximum absolute atomic E-state index is 13.5. The van der Waals surface area contributed by atoms with Crippen LogP contribution in [0.1, 0.15) is 36.4 Å². The normalized spacial score (nSPS) is 28.2. The molecule has 0 bridgehead atoms. The fourth-order valence-electron chi connectivity index (χ4n) is 3.11. The molecule has 1 saturated heterocycles. The van der Waals surface area contributed by atoms with Crippen molar-refractivity contribution in [3.63, 3.8) is 0 Å². The van der Waals surface area contributed by atoms with Gasteiger partial charge in [0.1, 0.15) is 6.17 Å². The summed E-state index contributed by atoms with van der Waals surface area (Å²) < 4.78 is 13.5. The molecule has 0 spiro atoms. The first-order valence-electron chi connectivity index (χ1n) is 6.52. The molecule has 3 rings (SSSR count). The molecule has 1 heterocycles. The van der Waals surface area contributed by atoms with Gasteiger partial charge in [0.15, 0.2) is 0 Å². The Morgan fingerprint density at radius 3 is 3.00 bits per heavy atom. The van der Waals surface area contributed by atoms with Crippen molar-refractivity contribution in [3.8, 4) is 0 Å². The zero-order valence-corrected chi connectivity index (χ0v) is 10.0. The molecule has 0 unspecified atom stereocenters. The largest absolute Gasteiger partial charge is 0.368 e. The predicted molar refractivity (Wildman–Crippen MR) is 68.0 cm³/mol. The number of nitrogens with zero attached hydrogens (tertiary/aromatic N) is 1. The fraction of sp³-hybridized carbons (Fsp3) is 0.571. The third-order valence-corrected chi connectivity index (χ3v) is 4.00. The van der Waals surface area contributed by atoms with Gasteiger partial charge in [0.05, 0.1) is 0 Å². The van der Waals surface area contributed by atoms with Gasteiger partial charge in [-0.05, 0) is 42.9 Å². The third-order valence-electron chi connectivity index (χ3n) is 4.00. The van der Waals surface area contributed by atoms with E-state index in [1.54, 1.807) is 0 Å². The second-order valence-corrected chi connectivity index (χ2v) is 5.18. The summed E-state index contributed by atoms with van der Waals surface area (Å²) in [5.41, 5.74) is 9.92. The third kappa shape index (κ3) is 1.93. The van der Waals surface area contributed by atoms with Crippen LogP contribution in [0.2, 0.25) is 0 Å². The minimum absolute atomic E-state index is 0.177. The van der Waals surface area contributed by atoms with Gasteiger partial charge >= 0.3 is 0 Å². The summed E-state index contributed by atoms with van der Waals surface area (Å²) in [6.07, 6.45) is 3.07. The molecule has 1 aliphatic carbocycles. The van der Waals surface area contributed by atoms with Crippen molar-refractivity contribution in [3.05, 3.63) is 29.3 Å². The molecule has 2 nitrogen and oxygen atoms in total.